The maximum absolute atomic E-state index is 11.8. The van der Waals surface area contributed by atoms with Crippen molar-refractivity contribution in [2.75, 3.05) is 12.3 Å². The van der Waals surface area contributed by atoms with E-state index in [1.54, 1.807) is 18.0 Å². The van der Waals surface area contributed by atoms with E-state index < -0.39 is 6.10 Å². The molecule has 1 heterocycles. The van der Waals surface area contributed by atoms with E-state index in [0.29, 0.717) is 12.3 Å². The number of aromatic nitrogens is 1. The molecule has 0 aliphatic carbocycles. The van der Waals surface area contributed by atoms with Crippen LogP contribution >= 0.6 is 11.8 Å². The first-order valence-corrected chi connectivity index (χ1v) is 8.40. The number of thioether (sulfide) groups is 1. The molecular formula is C16H26N2O2S. The van der Waals surface area contributed by atoms with Gasteiger partial charge in [0.2, 0.25) is 5.91 Å². The Bertz CT molecular complexity index is 435. The standard InChI is InChI=1S/C16H26N2O2S/c1-12(2)15(20)16(3,4)11-18-14(19)10-21-9-13-6-5-7-17-8-13/h5-8,12,15,20H,9-11H2,1-4H3,(H,18,19). The number of pyridine rings is 1. The van der Waals surface area contributed by atoms with Crippen molar-refractivity contribution in [2.45, 2.75) is 39.6 Å². The van der Waals surface area contributed by atoms with Gasteiger partial charge in [0.25, 0.3) is 0 Å². The van der Waals surface area contributed by atoms with Crippen molar-refractivity contribution < 1.29 is 9.90 Å². The molecule has 0 aliphatic heterocycles. The first-order valence-electron chi connectivity index (χ1n) is 7.24. The van der Waals surface area contributed by atoms with E-state index in [0.717, 1.165) is 11.3 Å². The Hall–Kier alpha value is -1.07. The summed E-state index contributed by atoms with van der Waals surface area (Å²) in [6, 6.07) is 3.89. The molecule has 0 aliphatic rings. The Balaban J connectivity index is 2.28. The van der Waals surface area contributed by atoms with Crippen LogP contribution in [0.5, 0.6) is 0 Å². The summed E-state index contributed by atoms with van der Waals surface area (Å²) in [5, 5.41) is 13.0. The number of aliphatic hydroxyl groups is 1. The van der Waals surface area contributed by atoms with Crippen LogP contribution in [0.4, 0.5) is 0 Å². The topological polar surface area (TPSA) is 62.2 Å². The predicted octanol–water partition coefficient (Wildman–Crippen LogP) is 2.47. The zero-order valence-corrected chi connectivity index (χ0v) is 14.1. The van der Waals surface area contributed by atoms with Crippen molar-refractivity contribution in [3.8, 4) is 0 Å². The maximum Gasteiger partial charge on any atom is 0.230 e. The summed E-state index contributed by atoms with van der Waals surface area (Å²) in [6.07, 6.45) is 3.12. The van der Waals surface area contributed by atoms with Crippen molar-refractivity contribution in [2.24, 2.45) is 11.3 Å². The van der Waals surface area contributed by atoms with Crippen LogP contribution in [0, 0.1) is 11.3 Å². The molecule has 1 aromatic rings. The van der Waals surface area contributed by atoms with Gasteiger partial charge in [0.05, 0.1) is 11.9 Å². The van der Waals surface area contributed by atoms with E-state index in [2.05, 4.69) is 10.3 Å². The van der Waals surface area contributed by atoms with Crippen LogP contribution in [-0.4, -0.2) is 34.4 Å². The predicted molar refractivity (Wildman–Crippen MR) is 88.0 cm³/mol. The van der Waals surface area contributed by atoms with Crippen LogP contribution in [0.2, 0.25) is 0 Å². The molecule has 1 amide bonds. The Morgan fingerprint density at radius 1 is 1.48 bits per heavy atom. The number of carbonyl (C=O) groups is 1. The first-order chi connectivity index (χ1) is 9.83. The molecule has 0 fully saturated rings. The first kappa shape index (κ1) is 18.0. The zero-order chi connectivity index (χ0) is 15.9. The van der Waals surface area contributed by atoms with Gasteiger partial charge in [0.15, 0.2) is 0 Å². The highest BCUT2D eigenvalue weighted by molar-refractivity contribution is 7.99. The highest BCUT2D eigenvalue weighted by atomic mass is 32.2. The summed E-state index contributed by atoms with van der Waals surface area (Å²) in [7, 11) is 0. The second-order valence-corrected chi connectivity index (χ2v) is 7.29. The summed E-state index contributed by atoms with van der Waals surface area (Å²) in [5.74, 6) is 1.38. The summed E-state index contributed by atoms with van der Waals surface area (Å²) in [4.78, 5) is 15.9. The molecule has 1 atom stereocenters. The highest BCUT2D eigenvalue weighted by Crippen LogP contribution is 2.25. The number of rotatable bonds is 8. The molecule has 0 spiro atoms. The number of hydrogen-bond donors (Lipinski definition) is 2. The molecule has 4 nitrogen and oxygen atoms in total. The van der Waals surface area contributed by atoms with E-state index in [-0.39, 0.29) is 17.2 Å². The lowest BCUT2D eigenvalue weighted by Crippen LogP contribution is -2.44. The third-order valence-electron chi connectivity index (χ3n) is 3.40. The Morgan fingerprint density at radius 3 is 2.76 bits per heavy atom. The molecule has 118 valence electrons. The largest absolute Gasteiger partial charge is 0.392 e. The van der Waals surface area contributed by atoms with Gasteiger partial charge < -0.3 is 10.4 Å². The lowest BCUT2D eigenvalue weighted by molar-refractivity contribution is -0.119. The van der Waals surface area contributed by atoms with E-state index in [1.165, 1.54) is 0 Å². The molecule has 1 unspecified atom stereocenters. The van der Waals surface area contributed by atoms with Gasteiger partial charge in [-0.1, -0.05) is 33.8 Å². The number of amides is 1. The van der Waals surface area contributed by atoms with Gasteiger partial charge >= 0.3 is 0 Å². The number of hydrogen-bond acceptors (Lipinski definition) is 4. The molecule has 0 aromatic carbocycles. The number of aliphatic hydroxyl groups excluding tert-OH is 1. The lowest BCUT2D eigenvalue weighted by atomic mass is 9.81. The fourth-order valence-corrected chi connectivity index (χ4v) is 2.93. The average molecular weight is 310 g/mol. The molecule has 1 aromatic heterocycles. The third kappa shape index (κ3) is 6.48. The number of nitrogens with one attached hydrogen (secondary N) is 1. The minimum atomic E-state index is -0.430. The maximum atomic E-state index is 11.8. The van der Waals surface area contributed by atoms with Crippen molar-refractivity contribution in [3.05, 3.63) is 30.1 Å². The molecule has 0 saturated heterocycles. The summed E-state index contributed by atoms with van der Waals surface area (Å²) in [6.45, 7) is 8.40. The van der Waals surface area contributed by atoms with Gasteiger partial charge in [-0.05, 0) is 17.5 Å². The fourth-order valence-electron chi connectivity index (χ4n) is 2.13. The van der Waals surface area contributed by atoms with Crippen molar-refractivity contribution >= 4 is 17.7 Å². The van der Waals surface area contributed by atoms with Crippen LogP contribution in [0.25, 0.3) is 0 Å². The van der Waals surface area contributed by atoms with E-state index in [9.17, 15) is 9.90 Å². The van der Waals surface area contributed by atoms with Gasteiger partial charge in [-0.25, -0.2) is 0 Å². The minimum Gasteiger partial charge on any atom is -0.392 e. The van der Waals surface area contributed by atoms with Crippen molar-refractivity contribution in [1.29, 1.82) is 0 Å². The quantitative estimate of drug-likeness (QED) is 0.774. The van der Waals surface area contributed by atoms with Gasteiger partial charge in [0, 0.05) is 30.1 Å². The zero-order valence-electron chi connectivity index (χ0n) is 13.3. The molecule has 21 heavy (non-hydrogen) atoms. The van der Waals surface area contributed by atoms with Crippen molar-refractivity contribution in [3.63, 3.8) is 0 Å². The van der Waals surface area contributed by atoms with Crippen LogP contribution in [0.1, 0.15) is 33.3 Å². The van der Waals surface area contributed by atoms with Gasteiger partial charge in [-0.2, -0.15) is 0 Å². The Morgan fingerprint density at radius 2 is 2.19 bits per heavy atom. The van der Waals surface area contributed by atoms with Crippen LogP contribution in [0.15, 0.2) is 24.5 Å². The number of carbonyl (C=O) groups excluding carboxylic acids is 1. The van der Waals surface area contributed by atoms with E-state index in [1.807, 2.05) is 46.0 Å². The SMILES string of the molecule is CC(C)C(O)C(C)(C)CNC(=O)CSCc1cccnc1. The second kappa shape index (κ2) is 8.39. The normalized spacial score (nSPS) is 13.2. The van der Waals surface area contributed by atoms with Crippen LogP contribution < -0.4 is 5.32 Å². The lowest BCUT2D eigenvalue weighted by Gasteiger charge is -2.33. The smallest absolute Gasteiger partial charge is 0.230 e. The molecule has 0 bridgehead atoms. The summed E-state index contributed by atoms with van der Waals surface area (Å²) >= 11 is 1.57. The van der Waals surface area contributed by atoms with Gasteiger partial charge in [-0.15, -0.1) is 11.8 Å². The Kier molecular flexibility index (Phi) is 7.18. The summed E-state index contributed by atoms with van der Waals surface area (Å²) in [5.41, 5.74) is 0.795. The second-order valence-electron chi connectivity index (χ2n) is 6.31. The number of nitrogens with zero attached hydrogens (tertiary/aromatic N) is 1. The highest BCUT2D eigenvalue weighted by Gasteiger charge is 2.30. The summed E-state index contributed by atoms with van der Waals surface area (Å²) < 4.78 is 0. The third-order valence-corrected chi connectivity index (χ3v) is 4.40. The molecule has 1 rings (SSSR count). The Labute approximate surface area is 131 Å². The van der Waals surface area contributed by atoms with Crippen molar-refractivity contribution in [1.82, 2.24) is 10.3 Å². The minimum absolute atomic E-state index is 0.00733. The molecule has 2 N–H and O–H groups in total. The van der Waals surface area contributed by atoms with Crippen LogP contribution in [0.3, 0.4) is 0 Å². The molecule has 0 saturated carbocycles. The average Bonchev–Trinajstić information content (AvgIpc) is 2.45. The van der Waals surface area contributed by atoms with Gasteiger partial charge in [-0.3, -0.25) is 9.78 Å². The molecule has 0 radical (unpaired) electrons. The van der Waals surface area contributed by atoms with E-state index >= 15 is 0 Å². The monoisotopic (exact) mass is 310 g/mol. The van der Waals surface area contributed by atoms with Gasteiger partial charge in [0.1, 0.15) is 0 Å². The van der Waals surface area contributed by atoms with Crippen LogP contribution in [-0.2, 0) is 10.5 Å². The fraction of sp³-hybridized carbons (Fsp3) is 0.625. The molecular weight excluding hydrogens is 284 g/mol. The molecule has 5 heteroatoms. The van der Waals surface area contributed by atoms with E-state index in [4.69, 9.17) is 0 Å².